The van der Waals surface area contributed by atoms with Crippen molar-refractivity contribution >= 4 is 23.5 Å². The second-order valence-electron chi connectivity index (χ2n) is 9.00. The number of amides is 1. The van der Waals surface area contributed by atoms with Crippen molar-refractivity contribution in [3.63, 3.8) is 0 Å². The molecule has 2 aliphatic rings. The van der Waals surface area contributed by atoms with E-state index in [0.29, 0.717) is 18.0 Å². The lowest BCUT2D eigenvalue weighted by molar-refractivity contribution is -0.113. The second-order valence-corrected chi connectivity index (χ2v) is 10.1. The van der Waals surface area contributed by atoms with Crippen LogP contribution in [0, 0.1) is 0 Å². The van der Waals surface area contributed by atoms with E-state index in [4.69, 9.17) is 9.47 Å². The zero-order chi connectivity index (χ0) is 23.2. The SMILES string of the molecule is COc1ccc(-c2[nH]ncc2[C@@H]2SCC(=O)Nc3c2c(=O)[nH]n3[C@H]2CCOC(C)(C)C2)cc1. The van der Waals surface area contributed by atoms with Crippen molar-refractivity contribution in [1.29, 1.82) is 0 Å². The number of aromatic nitrogens is 4. The summed E-state index contributed by atoms with van der Waals surface area (Å²) in [5.74, 6) is 1.42. The zero-order valence-corrected chi connectivity index (χ0v) is 19.6. The van der Waals surface area contributed by atoms with Crippen LogP contribution in [-0.2, 0) is 9.53 Å². The van der Waals surface area contributed by atoms with E-state index in [2.05, 4.69) is 20.6 Å². The van der Waals surface area contributed by atoms with Crippen LogP contribution in [0.25, 0.3) is 11.3 Å². The first-order valence-electron chi connectivity index (χ1n) is 10.9. The van der Waals surface area contributed by atoms with Gasteiger partial charge < -0.3 is 14.8 Å². The molecule has 0 saturated carbocycles. The Kier molecular flexibility index (Phi) is 5.57. The molecule has 9 nitrogen and oxygen atoms in total. The molecule has 10 heteroatoms. The molecule has 1 amide bonds. The van der Waals surface area contributed by atoms with E-state index in [9.17, 15) is 9.59 Å². The topological polar surface area (TPSA) is 114 Å². The molecule has 2 aliphatic heterocycles. The highest BCUT2D eigenvalue weighted by atomic mass is 32.2. The molecule has 5 rings (SSSR count). The summed E-state index contributed by atoms with van der Waals surface area (Å²) in [7, 11) is 1.63. The highest BCUT2D eigenvalue weighted by Gasteiger charge is 2.37. The molecular weight excluding hydrogens is 442 g/mol. The molecule has 0 bridgehead atoms. The number of carbonyl (C=O) groups excluding carboxylic acids is 1. The fourth-order valence-electron chi connectivity index (χ4n) is 4.67. The smallest absolute Gasteiger partial charge is 0.270 e. The van der Waals surface area contributed by atoms with Crippen LogP contribution in [0.3, 0.4) is 0 Å². The van der Waals surface area contributed by atoms with Crippen LogP contribution in [0.15, 0.2) is 35.3 Å². The predicted molar refractivity (Wildman–Crippen MR) is 127 cm³/mol. The quantitative estimate of drug-likeness (QED) is 0.539. The lowest BCUT2D eigenvalue weighted by atomic mass is 9.94. The Labute approximate surface area is 195 Å². The highest BCUT2D eigenvalue weighted by Crippen LogP contribution is 2.44. The zero-order valence-electron chi connectivity index (χ0n) is 18.8. The fraction of sp³-hybridized carbons (Fsp3) is 0.435. The number of rotatable bonds is 4. The minimum atomic E-state index is -0.354. The van der Waals surface area contributed by atoms with Crippen LogP contribution >= 0.6 is 11.8 Å². The molecule has 3 N–H and O–H groups in total. The monoisotopic (exact) mass is 469 g/mol. The largest absolute Gasteiger partial charge is 0.497 e. The number of hydrogen-bond donors (Lipinski definition) is 3. The van der Waals surface area contributed by atoms with Gasteiger partial charge in [-0.05, 0) is 51.0 Å². The Bertz CT molecular complexity index is 1230. The molecule has 1 fully saturated rings. The Morgan fingerprint density at radius 2 is 2.03 bits per heavy atom. The van der Waals surface area contributed by atoms with Gasteiger partial charge in [-0.25, -0.2) is 0 Å². The summed E-state index contributed by atoms with van der Waals surface area (Å²) in [6.07, 6.45) is 3.24. The Morgan fingerprint density at radius 1 is 1.24 bits per heavy atom. The maximum Gasteiger partial charge on any atom is 0.270 e. The molecule has 0 aliphatic carbocycles. The number of hydrogen-bond acceptors (Lipinski definition) is 6. The molecule has 1 saturated heterocycles. The number of anilines is 1. The summed E-state index contributed by atoms with van der Waals surface area (Å²) >= 11 is 1.43. The van der Waals surface area contributed by atoms with E-state index in [0.717, 1.165) is 35.4 Å². The van der Waals surface area contributed by atoms with Gasteiger partial charge in [0.2, 0.25) is 5.91 Å². The molecule has 1 aromatic carbocycles. The van der Waals surface area contributed by atoms with Crippen LogP contribution in [0.1, 0.15) is 49.1 Å². The average Bonchev–Trinajstić information content (AvgIpc) is 3.35. The maximum atomic E-state index is 13.3. The Balaban J connectivity index is 1.59. The van der Waals surface area contributed by atoms with Crippen LogP contribution < -0.4 is 15.6 Å². The number of nitrogens with zero attached hydrogens (tertiary/aromatic N) is 2. The first-order chi connectivity index (χ1) is 15.9. The molecule has 33 heavy (non-hydrogen) atoms. The van der Waals surface area contributed by atoms with Gasteiger partial charge in [0.1, 0.15) is 11.6 Å². The lowest BCUT2D eigenvalue weighted by Crippen LogP contribution is -2.36. The van der Waals surface area contributed by atoms with E-state index in [-0.39, 0.29) is 34.1 Å². The van der Waals surface area contributed by atoms with Crippen molar-refractivity contribution in [3.8, 4) is 17.0 Å². The molecule has 0 spiro atoms. The van der Waals surface area contributed by atoms with Crippen molar-refractivity contribution in [3.05, 3.63) is 51.9 Å². The average molecular weight is 470 g/mol. The number of ether oxygens (including phenoxy) is 2. The van der Waals surface area contributed by atoms with E-state index >= 15 is 0 Å². The number of aromatic amines is 2. The van der Waals surface area contributed by atoms with Crippen LogP contribution in [0.5, 0.6) is 5.75 Å². The molecular formula is C23H27N5O4S. The van der Waals surface area contributed by atoms with E-state index in [1.54, 1.807) is 13.3 Å². The number of thioether (sulfide) groups is 1. The van der Waals surface area contributed by atoms with Gasteiger partial charge in [0.15, 0.2) is 0 Å². The molecule has 2 aromatic heterocycles. The number of carbonyl (C=O) groups is 1. The van der Waals surface area contributed by atoms with Gasteiger partial charge in [-0.3, -0.25) is 24.5 Å². The summed E-state index contributed by atoms with van der Waals surface area (Å²) in [4.78, 5) is 25.9. The number of methoxy groups -OCH3 is 1. The van der Waals surface area contributed by atoms with Crippen molar-refractivity contribution in [1.82, 2.24) is 20.0 Å². The van der Waals surface area contributed by atoms with Gasteiger partial charge in [0.05, 0.1) is 47.2 Å². The normalized spacial score (nSPS) is 22.3. The molecule has 0 radical (unpaired) electrons. The van der Waals surface area contributed by atoms with Crippen molar-refractivity contribution in [2.24, 2.45) is 0 Å². The summed E-state index contributed by atoms with van der Waals surface area (Å²) in [5, 5.41) is 13.0. The molecule has 4 heterocycles. The molecule has 174 valence electrons. The highest BCUT2D eigenvalue weighted by molar-refractivity contribution is 8.00. The predicted octanol–water partition coefficient (Wildman–Crippen LogP) is 3.48. The number of fused-ring (bicyclic) bond motifs is 1. The Hall–Kier alpha value is -2.98. The van der Waals surface area contributed by atoms with Crippen LogP contribution in [0.4, 0.5) is 5.82 Å². The summed E-state index contributed by atoms with van der Waals surface area (Å²) in [5.41, 5.74) is 2.65. The van der Waals surface area contributed by atoms with Gasteiger partial charge in [0, 0.05) is 17.7 Å². The first kappa shape index (κ1) is 21.8. The van der Waals surface area contributed by atoms with Gasteiger partial charge in [0.25, 0.3) is 5.56 Å². The Morgan fingerprint density at radius 3 is 2.76 bits per heavy atom. The van der Waals surface area contributed by atoms with Gasteiger partial charge in [-0.1, -0.05) is 0 Å². The number of H-pyrrole nitrogens is 2. The second kappa shape index (κ2) is 8.42. The minimum Gasteiger partial charge on any atom is -0.497 e. The maximum absolute atomic E-state index is 13.3. The van der Waals surface area contributed by atoms with Gasteiger partial charge in [-0.15, -0.1) is 11.8 Å². The van der Waals surface area contributed by atoms with Crippen LogP contribution in [-0.4, -0.2) is 51.0 Å². The van der Waals surface area contributed by atoms with Crippen molar-refractivity contribution in [2.45, 2.75) is 43.6 Å². The van der Waals surface area contributed by atoms with E-state index in [1.165, 1.54) is 11.8 Å². The summed E-state index contributed by atoms with van der Waals surface area (Å²) in [6.45, 7) is 4.69. The number of benzene rings is 1. The van der Waals surface area contributed by atoms with Crippen molar-refractivity contribution in [2.75, 3.05) is 24.8 Å². The van der Waals surface area contributed by atoms with E-state index in [1.807, 2.05) is 42.8 Å². The number of nitrogens with one attached hydrogen (secondary N) is 3. The van der Waals surface area contributed by atoms with Crippen molar-refractivity contribution < 1.29 is 14.3 Å². The van der Waals surface area contributed by atoms with E-state index < -0.39 is 0 Å². The fourth-order valence-corrected chi connectivity index (χ4v) is 5.80. The van der Waals surface area contributed by atoms with Crippen LogP contribution in [0.2, 0.25) is 0 Å². The van der Waals surface area contributed by atoms with Gasteiger partial charge in [-0.2, -0.15) is 5.10 Å². The lowest BCUT2D eigenvalue weighted by Gasteiger charge is -2.36. The summed E-state index contributed by atoms with van der Waals surface area (Å²) in [6, 6.07) is 7.68. The first-order valence-corrected chi connectivity index (χ1v) is 12.0. The third-order valence-corrected chi connectivity index (χ3v) is 7.48. The minimum absolute atomic E-state index is 0.0275. The molecule has 2 atom stereocenters. The standard InChI is InChI=1S/C23H27N5O4S/c1-23(2)10-14(8-9-32-23)28-21-18(22(30)27-28)20(33-12-17(29)25-21)16-11-24-26-19(16)13-4-6-15(31-3)7-5-13/h4-7,11,14,20H,8-10,12H2,1-3H3,(H,24,26)(H,25,29)(H,27,30)/t14-,20-/m0/s1. The molecule has 3 aromatic rings. The summed E-state index contributed by atoms with van der Waals surface area (Å²) < 4.78 is 13.0. The third kappa shape index (κ3) is 4.08. The third-order valence-electron chi connectivity index (χ3n) is 6.23. The van der Waals surface area contributed by atoms with Gasteiger partial charge >= 0.3 is 0 Å². The molecule has 0 unspecified atom stereocenters.